The van der Waals surface area contributed by atoms with Gasteiger partial charge in [-0.1, -0.05) is 0 Å². The van der Waals surface area contributed by atoms with Gasteiger partial charge in [-0.25, -0.2) is 4.79 Å². The number of ether oxygens (including phenoxy) is 2. The molecule has 1 aromatic heterocycles. The number of carbonyl (C=O) groups excluding carboxylic acids is 1. The van der Waals surface area contributed by atoms with E-state index in [1.54, 1.807) is 4.90 Å². The Morgan fingerprint density at radius 1 is 1.29 bits per heavy atom. The van der Waals surface area contributed by atoms with Gasteiger partial charge in [0, 0.05) is 38.3 Å². The van der Waals surface area contributed by atoms with E-state index in [1.807, 2.05) is 39.1 Å². The van der Waals surface area contributed by atoms with Gasteiger partial charge in [-0.15, -0.1) is 0 Å². The molecule has 0 aromatic carbocycles. The molecule has 1 amide bonds. The minimum atomic E-state index is -0.452. The zero-order valence-electron chi connectivity index (χ0n) is 14.7. The number of nitrogens with zero attached hydrogens (tertiary/aromatic N) is 2. The molecule has 0 saturated carbocycles. The number of pyridine rings is 1. The summed E-state index contributed by atoms with van der Waals surface area (Å²) in [5.74, 6) is 1.22. The molecule has 3 heterocycles. The molecule has 0 bridgehead atoms. The fourth-order valence-electron chi connectivity index (χ4n) is 3.00. The molecule has 0 unspecified atom stereocenters. The molecule has 132 valence electrons. The highest BCUT2D eigenvalue weighted by atomic mass is 16.6. The van der Waals surface area contributed by atoms with Crippen molar-refractivity contribution in [1.82, 2.24) is 15.2 Å². The van der Waals surface area contributed by atoms with E-state index in [9.17, 15) is 4.79 Å². The van der Waals surface area contributed by atoms with E-state index < -0.39 is 5.60 Å². The van der Waals surface area contributed by atoms with Crippen LogP contribution in [0.4, 0.5) is 4.79 Å². The van der Waals surface area contributed by atoms with E-state index in [4.69, 9.17) is 9.47 Å². The molecule has 6 nitrogen and oxygen atoms in total. The third-order valence-electron chi connectivity index (χ3n) is 4.37. The Balaban J connectivity index is 1.59. The molecule has 2 fully saturated rings. The average Bonchev–Trinajstić information content (AvgIpc) is 2.50. The van der Waals surface area contributed by atoms with Crippen molar-refractivity contribution in [3.8, 4) is 5.75 Å². The third-order valence-corrected chi connectivity index (χ3v) is 4.37. The van der Waals surface area contributed by atoms with Crippen molar-refractivity contribution in [1.29, 1.82) is 0 Å². The van der Waals surface area contributed by atoms with Gasteiger partial charge >= 0.3 is 6.09 Å². The van der Waals surface area contributed by atoms with Crippen LogP contribution in [0.3, 0.4) is 0 Å². The maximum absolute atomic E-state index is 12.2. The first-order chi connectivity index (χ1) is 11.4. The first-order valence-corrected chi connectivity index (χ1v) is 8.72. The number of carbonyl (C=O) groups is 1. The van der Waals surface area contributed by atoms with Crippen molar-refractivity contribution in [3.05, 3.63) is 24.0 Å². The maximum atomic E-state index is 12.2. The van der Waals surface area contributed by atoms with Crippen LogP contribution in [0.2, 0.25) is 0 Å². The summed E-state index contributed by atoms with van der Waals surface area (Å²) in [5.41, 5.74) is 0.570. The molecule has 1 N–H and O–H groups in total. The number of rotatable bonds is 3. The van der Waals surface area contributed by atoms with Crippen molar-refractivity contribution < 1.29 is 14.3 Å². The Morgan fingerprint density at radius 2 is 2.00 bits per heavy atom. The van der Waals surface area contributed by atoms with Gasteiger partial charge in [0.05, 0.1) is 5.69 Å². The summed E-state index contributed by atoms with van der Waals surface area (Å²) in [7, 11) is 0. The minimum absolute atomic E-state index is 0.223. The van der Waals surface area contributed by atoms with E-state index in [2.05, 4.69) is 10.3 Å². The predicted molar refractivity (Wildman–Crippen MR) is 91.3 cm³/mol. The minimum Gasteiger partial charge on any atom is -0.486 e. The van der Waals surface area contributed by atoms with Crippen molar-refractivity contribution in [2.24, 2.45) is 0 Å². The van der Waals surface area contributed by atoms with Gasteiger partial charge in [0.1, 0.15) is 17.5 Å². The maximum Gasteiger partial charge on any atom is 0.410 e. The normalized spacial score (nSPS) is 19.7. The lowest BCUT2D eigenvalue weighted by Gasteiger charge is -2.34. The zero-order valence-corrected chi connectivity index (χ0v) is 14.7. The zero-order chi connectivity index (χ0) is 17.2. The first-order valence-electron chi connectivity index (χ1n) is 8.72. The Bertz CT molecular complexity index is 573. The highest BCUT2D eigenvalue weighted by Gasteiger charge is 2.30. The third kappa shape index (κ3) is 4.17. The molecule has 2 aliphatic heterocycles. The molecule has 0 spiro atoms. The second kappa shape index (κ2) is 6.97. The highest BCUT2D eigenvalue weighted by molar-refractivity contribution is 5.68. The number of aromatic nitrogens is 1. The van der Waals surface area contributed by atoms with Crippen molar-refractivity contribution in [2.45, 2.75) is 51.2 Å². The van der Waals surface area contributed by atoms with Crippen molar-refractivity contribution >= 4 is 6.09 Å². The predicted octanol–water partition coefficient (Wildman–Crippen LogP) is 2.55. The van der Waals surface area contributed by atoms with Crippen molar-refractivity contribution in [2.75, 3.05) is 26.2 Å². The van der Waals surface area contributed by atoms with Crippen LogP contribution in [-0.2, 0) is 4.74 Å². The van der Waals surface area contributed by atoms with Gasteiger partial charge in [-0.05, 0) is 45.7 Å². The van der Waals surface area contributed by atoms with Crippen LogP contribution < -0.4 is 10.1 Å². The van der Waals surface area contributed by atoms with E-state index in [-0.39, 0.29) is 12.2 Å². The smallest absolute Gasteiger partial charge is 0.410 e. The Hall–Kier alpha value is -1.82. The molecular formula is C18H27N3O3. The van der Waals surface area contributed by atoms with Crippen LogP contribution in [0.15, 0.2) is 18.3 Å². The quantitative estimate of drug-likeness (QED) is 0.921. The Labute approximate surface area is 143 Å². The number of amides is 1. The molecule has 3 rings (SSSR count). The standard InChI is InChI=1S/C18H27N3O3/c1-18(2,3)24-17(22)21-9-6-13(7-10-21)16-15(5-4-8-20-16)23-14-11-19-12-14/h4-5,8,13-14,19H,6-7,9-12H2,1-3H3. The van der Waals surface area contributed by atoms with Crippen LogP contribution in [0.5, 0.6) is 5.75 Å². The number of likely N-dealkylation sites (tertiary alicyclic amines) is 1. The summed E-state index contributed by atoms with van der Waals surface area (Å²) < 4.78 is 11.5. The van der Waals surface area contributed by atoms with Crippen LogP contribution in [0.25, 0.3) is 0 Å². The van der Waals surface area contributed by atoms with E-state index in [0.717, 1.165) is 37.4 Å². The molecule has 2 aliphatic rings. The fourth-order valence-corrected chi connectivity index (χ4v) is 3.00. The van der Waals surface area contributed by atoms with Gasteiger partial charge in [-0.2, -0.15) is 0 Å². The van der Waals surface area contributed by atoms with E-state index >= 15 is 0 Å². The summed E-state index contributed by atoms with van der Waals surface area (Å²) in [6.07, 6.45) is 3.61. The number of hydrogen-bond acceptors (Lipinski definition) is 5. The molecule has 0 radical (unpaired) electrons. The van der Waals surface area contributed by atoms with E-state index in [1.165, 1.54) is 0 Å². The highest BCUT2D eigenvalue weighted by Crippen LogP contribution is 2.33. The Kier molecular flexibility index (Phi) is 4.94. The van der Waals surface area contributed by atoms with Gasteiger partial charge in [0.25, 0.3) is 0 Å². The second-order valence-corrected chi connectivity index (χ2v) is 7.53. The summed E-state index contributed by atoms with van der Waals surface area (Å²) in [5, 5.41) is 3.21. The van der Waals surface area contributed by atoms with Crippen molar-refractivity contribution in [3.63, 3.8) is 0 Å². The van der Waals surface area contributed by atoms with Gasteiger partial charge in [0.15, 0.2) is 0 Å². The monoisotopic (exact) mass is 333 g/mol. The van der Waals surface area contributed by atoms with Crippen LogP contribution in [0.1, 0.15) is 45.2 Å². The lowest BCUT2D eigenvalue weighted by atomic mass is 9.92. The molecular weight excluding hydrogens is 306 g/mol. The van der Waals surface area contributed by atoms with Crippen LogP contribution >= 0.6 is 0 Å². The fraction of sp³-hybridized carbons (Fsp3) is 0.667. The first kappa shape index (κ1) is 17.0. The van der Waals surface area contributed by atoms with Crippen LogP contribution in [-0.4, -0.2) is 53.9 Å². The second-order valence-electron chi connectivity index (χ2n) is 7.53. The lowest BCUT2D eigenvalue weighted by molar-refractivity contribution is 0.0203. The summed E-state index contributed by atoms with van der Waals surface area (Å²) >= 11 is 0. The molecule has 0 aliphatic carbocycles. The van der Waals surface area contributed by atoms with Gasteiger partial charge < -0.3 is 19.7 Å². The lowest BCUT2D eigenvalue weighted by Crippen LogP contribution is -2.50. The molecule has 6 heteroatoms. The molecule has 0 atom stereocenters. The van der Waals surface area contributed by atoms with Crippen LogP contribution in [0, 0.1) is 0 Å². The summed E-state index contributed by atoms with van der Waals surface area (Å²) in [6, 6.07) is 3.92. The SMILES string of the molecule is CC(C)(C)OC(=O)N1CCC(c2ncccc2OC2CNC2)CC1. The molecule has 2 saturated heterocycles. The average molecular weight is 333 g/mol. The Morgan fingerprint density at radius 3 is 2.58 bits per heavy atom. The number of piperidine rings is 1. The molecule has 1 aromatic rings. The molecule has 24 heavy (non-hydrogen) atoms. The van der Waals surface area contributed by atoms with Gasteiger partial charge in [-0.3, -0.25) is 4.98 Å². The summed E-state index contributed by atoms with van der Waals surface area (Å²) in [6.45, 7) is 8.86. The topological polar surface area (TPSA) is 63.7 Å². The largest absolute Gasteiger partial charge is 0.486 e. The van der Waals surface area contributed by atoms with E-state index in [0.29, 0.717) is 19.0 Å². The number of nitrogens with one attached hydrogen (secondary N) is 1. The van der Waals surface area contributed by atoms with Gasteiger partial charge in [0.2, 0.25) is 0 Å². The number of hydrogen-bond donors (Lipinski definition) is 1. The summed E-state index contributed by atoms with van der Waals surface area (Å²) in [4.78, 5) is 18.5.